The van der Waals surface area contributed by atoms with Gasteiger partial charge in [-0.2, -0.15) is 0 Å². The standard InChI is InChI=1S/C18H37N3/c1-2-3-4-5-6-7-8-9-18(16-19)21-14-12-20(13-15-21)17-10-11-17/h17-18H,2-16,19H2,1H3. The number of nitrogens with two attached hydrogens (primary N) is 1. The summed E-state index contributed by atoms with van der Waals surface area (Å²) in [4.78, 5) is 5.35. The first-order chi connectivity index (χ1) is 10.3. The van der Waals surface area contributed by atoms with Crippen molar-refractivity contribution in [1.29, 1.82) is 0 Å². The molecule has 2 rings (SSSR count). The molecule has 21 heavy (non-hydrogen) atoms. The van der Waals surface area contributed by atoms with Crippen molar-refractivity contribution in [3.05, 3.63) is 0 Å². The lowest BCUT2D eigenvalue weighted by molar-refractivity contribution is 0.0893. The van der Waals surface area contributed by atoms with Crippen LogP contribution in [0.2, 0.25) is 0 Å². The number of nitrogens with zero attached hydrogens (tertiary/aromatic N) is 2. The van der Waals surface area contributed by atoms with E-state index in [-0.39, 0.29) is 0 Å². The molecule has 1 aliphatic carbocycles. The fourth-order valence-corrected chi connectivity index (χ4v) is 3.69. The molecule has 0 radical (unpaired) electrons. The van der Waals surface area contributed by atoms with E-state index in [1.807, 2.05) is 0 Å². The van der Waals surface area contributed by atoms with Crippen LogP contribution < -0.4 is 5.73 Å². The lowest BCUT2D eigenvalue weighted by Crippen LogP contribution is -2.52. The van der Waals surface area contributed by atoms with Crippen molar-refractivity contribution in [2.45, 2.75) is 83.2 Å². The minimum atomic E-state index is 0.641. The summed E-state index contributed by atoms with van der Waals surface area (Å²) in [7, 11) is 0. The zero-order chi connectivity index (χ0) is 14.9. The third kappa shape index (κ3) is 6.25. The summed E-state index contributed by atoms with van der Waals surface area (Å²) in [6.45, 7) is 8.17. The summed E-state index contributed by atoms with van der Waals surface area (Å²) in [6.07, 6.45) is 14.0. The van der Waals surface area contributed by atoms with E-state index in [1.165, 1.54) is 90.4 Å². The van der Waals surface area contributed by atoms with E-state index in [0.717, 1.165) is 12.6 Å². The molecule has 0 bridgehead atoms. The van der Waals surface area contributed by atoms with Crippen LogP contribution in [0.5, 0.6) is 0 Å². The molecule has 1 unspecified atom stereocenters. The maximum atomic E-state index is 6.04. The molecule has 2 N–H and O–H groups in total. The molecule has 0 aromatic heterocycles. The average Bonchev–Trinajstić information content (AvgIpc) is 3.35. The van der Waals surface area contributed by atoms with Crippen LogP contribution in [-0.4, -0.2) is 54.6 Å². The molecule has 3 nitrogen and oxygen atoms in total. The predicted octanol–water partition coefficient (Wildman–Crippen LogP) is 3.23. The second-order valence-electron chi connectivity index (χ2n) is 7.10. The van der Waals surface area contributed by atoms with Gasteiger partial charge in [-0.1, -0.05) is 51.9 Å². The summed E-state index contributed by atoms with van der Waals surface area (Å²) < 4.78 is 0. The molecule has 2 aliphatic rings. The molecule has 3 heteroatoms. The van der Waals surface area contributed by atoms with Gasteiger partial charge in [0, 0.05) is 44.8 Å². The lowest BCUT2D eigenvalue weighted by Gasteiger charge is -2.39. The number of hydrogen-bond donors (Lipinski definition) is 1. The van der Waals surface area contributed by atoms with Gasteiger partial charge in [-0.25, -0.2) is 0 Å². The first kappa shape index (κ1) is 17.2. The lowest BCUT2D eigenvalue weighted by atomic mass is 10.0. The Balaban J connectivity index is 1.53. The molecular formula is C18H37N3. The van der Waals surface area contributed by atoms with E-state index in [2.05, 4.69) is 16.7 Å². The van der Waals surface area contributed by atoms with E-state index >= 15 is 0 Å². The van der Waals surface area contributed by atoms with Gasteiger partial charge in [-0.3, -0.25) is 9.80 Å². The van der Waals surface area contributed by atoms with E-state index in [0.29, 0.717) is 6.04 Å². The number of unbranched alkanes of at least 4 members (excludes halogenated alkanes) is 6. The topological polar surface area (TPSA) is 32.5 Å². The molecule has 0 aromatic rings. The first-order valence-electron chi connectivity index (χ1n) is 9.53. The Bertz CT molecular complexity index is 257. The smallest absolute Gasteiger partial charge is 0.0219 e. The third-order valence-electron chi connectivity index (χ3n) is 5.34. The molecule has 0 spiro atoms. The quantitative estimate of drug-likeness (QED) is 0.594. The van der Waals surface area contributed by atoms with Crippen LogP contribution in [0.4, 0.5) is 0 Å². The normalized spacial score (nSPS) is 22.6. The Hall–Kier alpha value is -0.120. The second-order valence-corrected chi connectivity index (χ2v) is 7.10. The van der Waals surface area contributed by atoms with Crippen molar-refractivity contribution in [3.63, 3.8) is 0 Å². The number of hydrogen-bond acceptors (Lipinski definition) is 3. The summed E-state index contributed by atoms with van der Waals surface area (Å²) >= 11 is 0. The Morgan fingerprint density at radius 2 is 1.52 bits per heavy atom. The van der Waals surface area contributed by atoms with Crippen molar-refractivity contribution < 1.29 is 0 Å². The zero-order valence-electron chi connectivity index (χ0n) is 14.2. The number of rotatable bonds is 11. The van der Waals surface area contributed by atoms with Crippen molar-refractivity contribution in [2.75, 3.05) is 32.7 Å². The van der Waals surface area contributed by atoms with Crippen molar-refractivity contribution in [2.24, 2.45) is 5.73 Å². The van der Waals surface area contributed by atoms with Crippen molar-refractivity contribution >= 4 is 0 Å². The predicted molar refractivity (Wildman–Crippen MR) is 91.6 cm³/mol. The molecule has 2 fully saturated rings. The Kier molecular flexibility index (Phi) is 8.05. The van der Waals surface area contributed by atoms with Crippen LogP contribution >= 0.6 is 0 Å². The second kappa shape index (κ2) is 9.81. The van der Waals surface area contributed by atoms with E-state index in [1.54, 1.807) is 0 Å². The molecule has 1 saturated carbocycles. The van der Waals surface area contributed by atoms with Gasteiger partial charge < -0.3 is 5.73 Å². The Labute approximate surface area is 132 Å². The van der Waals surface area contributed by atoms with Crippen LogP contribution in [0.15, 0.2) is 0 Å². The highest BCUT2D eigenvalue weighted by Gasteiger charge is 2.32. The van der Waals surface area contributed by atoms with Crippen molar-refractivity contribution in [3.8, 4) is 0 Å². The van der Waals surface area contributed by atoms with Gasteiger partial charge in [0.2, 0.25) is 0 Å². The molecular weight excluding hydrogens is 258 g/mol. The van der Waals surface area contributed by atoms with Crippen LogP contribution in [0.25, 0.3) is 0 Å². The summed E-state index contributed by atoms with van der Waals surface area (Å²) in [5.41, 5.74) is 6.04. The molecule has 1 aliphatic heterocycles. The van der Waals surface area contributed by atoms with Crippen LogP contribution in [0, 0.1) is 0 Å². The van der Waals surface area contributed by atoms with Crippen LogP contribution in [0.1, 0.15) is 71.1 Å². The van der Waals surface area contributed by atoms with Gasteiger partial charge in [-0.15, -0.1) is 0 Å². The van der Waals surface area contributed by atoms with E-state index < -0.39 is 0 Å². The maximum absolute atomic E-state index is 6.04. The SMILES string of the molecule is CCCCCCCCCC(CN)N1CCN(C2CC2)CC1. The largest absolute Gasteiger partial charge is 0.329 e. The maximum Gasteiger partial charge on any atom is 0.0219 e. The van der Waals surface area contributed by atoms with Gasteiger partial charge in [-0.05, 0) is 19.3 Å². The zero-order valence-corrected chi connectivity index (χ0v) is 14.2. The first-order valence-corrected chi connectivity index (χ1v) is 9.53. The molecule has 0 amide bonds. The fourth-order valence-electron chi connectivity index (χ4n) is 3.69. The third-order valence-corrected chi connectivity index (χ3v) is 5.34. The highest BCUT2D eigenvalue weighted by Crippen LogP contribution is 2.28. The molecule has 0 aromatic carbocycles. The van der Waals surface area contributed by atoms with E-state index in [9.17, 15) is 0 Å². The molecule has 1 heterocycles. The summed E-state index contributed by atoms with van der Waals surface area (Å²) in [6, 6.07) is 1.58. The summed E-state index contributed by atoms with van der Waals surface area (Å²) in [5, 5.41) is 0. The average molecular weight is 296 g/mol. The molecule has 1 saturated heterocycles. The highest BCUT2D eigenvalue weighted by atomic mass is 15.3. The van der Waals surface area contributed by atoms with Gasteiger partial charge >= 0.3 is 0 Å². The number of piperazine rings is 1. The van der Waals surface area contributed by atoms with Gasteiger partial charge in [0.1, 0.15) is 0 Å². The fraction of sp³-hybridized carbons (Fsp3) is 1.00. The minimum absolute atomic E-state index is 0.641. The monoisotopic (exact) mass is 295 g/mol. The van der Waals surface area contributed by atoms with Crippen LogP contribution in [-0.2, 0) is 0 Å². The summed E-state index contributed by atoms with van der Waals surface area (Å²) in [5.74, 6) is 0. The van der Waals surface area contributed by atoms with Gasteiger partial charge in [0.25, 0.3) is 0 Å². The molecule has 1 atom stereocenters. The molecule has 124 valence electrons. The van der Waals surface area contributed by atoms with Crippen molar-refractivity contribution in [1.82, 2.24) is 9.80 Å². The van der Waals surface area contributed by atoms with Gasteiger partial charge in [0.15, 0.2) is 0 Å². The van der Waals surface area contributed by atoms with Crippen LogP contribution in [0.3, 0.4) is 0 Å². The highest BCUT2D eigenvalue weighted by molar-refractivity contribution is 4.89. The minimum Gasteiger partial charge on any atom is -0.329 e. The van der Waals surface area contributed by atoms with E-state index in [4.69, 9.17) is 5.73 Å². The Morgan fingerprint density at radius 3 is 2.10 bits per heavy atom. The van der Waals surface area contributed by atoms with Gasteiger partial charge in [0.05, 0.1) is 0 Å². The Morgan fingerprint density at radius 1 is 0.905 bits per heavy atom.